The van der Waals surface area contributed by atoms with Crippen molar-refractivity contribution in [3.8, 4) is 16.8 Å². The van der Waals surface area contributed by atoms with E-state index < -0.39 is 8.07 Å². The smallest absolute Gasteiger partial charge is 0.187 e. The summed E-state index contributed by atoms with van der Waals surface area (Å²) in [4.78, 5) is 3.69. The molecule has 216 valence electrons. The number of hydrogen-bond donors (Lipinski definition) is 0. The lowest BCUT2D eigenvalue weighted by Crippen LogP contribution is -2.74. The molecule has 0 aliphatic rings. The van der Waals surface area contributed by atoms with Crippen LogP contribution < -0.4 is 20.7 Å². The number of aromatic nitrogens is 1. The Morgan fingerprint density at radius 1 is 0.413 bits per heavy atom. The van der Waals surface area contributed by atoms with E-state index in [-0.39, 0.29) is 0 Å². The van der Waals surface area contributed by atoms with Crippen molar-refractivity contribution in [2.45, 2.75) is 0 Å². The zero-order valence-corrected chi connectivity index (χ0v) is 26.2. The topological polar surface area (TPSA) is 9.29 Å². The van der Waals surface area contributed by atoms with Gasteiger partial charge >= 0.3 is 0 Å². The lowest BCUT2D eigenvalue weighted by atomic mass is 10.1. The number of rotatable bonds is 6. The third-order valence-electron chi connectivity index (χ3n) is 9.18. The van der Waals surface area contributed by atoms with Crippen LogP contribution in [0.4, 0.5) is 5.69 Å². The van der Waals surface area contributed by atoms with Crippen molar-refractivity contribution in [3.63, 3.8) is 0 Å². The van der Waals surface area contributed by atoms with Crippen LogP contribution in [0.25, 0.3) is 43.5 Å². The van der Waals surface area contributed by atoms with Crippen LogP contribution >= 0.6 is 0 Å². The van der Waals surface area contributed by atoms with Gasteiger partial charge in [0.25, 0.3) is 0 Å². The summed E-state index contributed by atoms with van der Waals surface area (Å²) in [7, 11) is -2.72. The Morgan fingerprint density at radius 2 is 0.913 bits per heavy atom. The van der Waals surface area contributed by atoms with E-state index in [1.54, 1.807) is 0 Å². The molecule has 46 heavy (non-hydrogen) atoms. The summed E-state index contributed by atoms with van der Waals surface area (Å²) >= 11 is 0. The summed E-state index contributed by atoms with van der Waals surface area (Å²) in [5.41, 5.74) is 6.60. The molecule has 0 unspecified atom stereocenters. The van der Waals surface area contributed by atoms with Crippen LogP contribution in [0, 0.1) is 6.57 Å². The van der Waals surface area contributed by atoms with E-state index >= 15 is 0 Å². The predicted molar refractivity (Wildman–Crippen MR) is 196 cm³/mol. The summed E-state index contributed by atoms with van der Waals surface area (Å²) in [6.45, 7) is 7.56. The molecule has 2 nitrogen and oxygen atoms in total. The van der Waals surface area contributed by atoms with Crippen molar-refractivity contribution in [2.24, 2.45) is 0 Å². The zero-order valence-electron chi connectivity index (χ0n) is 25.2. The minimum atomic E-state index is -2.72. The van der Waals surface area contributed by atoms with Crippen molar-refractivity contribution in [1.82, 2.24) is 4.57 Å². The van der Waals surface area contributed by atoms with Gasteiger partial charge in [-0.1, -0.05) is 158 Å². The minimum Gasteiger partial charge on any atom is -0.309 e. The number of nitrogens with zero attached hydrogens (tertiary/aromatic N) is 2. The average Bonchev–Trinajstić information content (AvgIpc) is 3.48. The largest absolute Gasteiger partial charge is 0.309 e. The van der Waals surface area contributed by atoms with Gasteiger partial charge in [0.15, 0.2) is 13.8 Å². The van der Waals surface area contributed by atoms with Crippen LogP contribution in [-0.4, -0.2) is 12.6 Å². The highest BCUT2D eigenvalue weighted by molar-refractivity contribution is 7.19. The van der Waals surface area contributed by atoms with Crippen LogP contribution in [0.15, 0.2) is 182 Å². The number of fused-ring (bicyclic) bond motifs is 3. The molecule has 0 fully saturated rings. The molecule has 0 aliphatic carbocycles. The molecule has 0 radical (unpaired) electrons. The normalized spacial score (nSPS) is 11.5. The molecule has 0 saturated carbocycles. The SMILES string of the molecule is [C-]#[N+]c1ccc([Si](c2ccccc2)(c2ccccc2)c2cccc(-c3ccc(-n4c5ccccc5c5ccccc54)cc3)c2)cc1. The minimum absolute atomic E-state index is 0.657. The van der Waals surface area contributed by atoms with Crippen LogP contribution in [0.2, 0.25) is 0 Å². The molecule has 0 spiro atoms. The van der Waals surface area contributed by atoms with Gasteiger partial charge in [-0.05, 0) is 56.1 Å². The molecule has 1 aromatic heterocycles. The van der Waals surface area contributed by atoms with Gasteiger partial charge in [0.2, 0.25) is 0 Å². The van der Waals surface area contributed by atoms with Crippen molar-refractivity contribution in [1.29, 1.82) is 0 Å². The molecule has 0 N–H and O–H groups in total. The lowest BCUT2D eigenvalue weighted by molar-refractivity contribution is 1.18. The Hall–Kier alpha value is -5.95. The van der Waals surface area contributed by atoms with Gasteiger partial charge < -0.3 is 4.57 Å². The fraction of sp³-hybridized carbons (Fsp3) is 0. The number of hydrogen-bond acceptors (Lipinski definition) is 0. The van der Waals surface area contributed by atoms with E-state index in [1.807, 2.05) is 12.1 Å². The highest BCUT2D eigenvalue weighted by atomic mass is 28.3. The summed E-state index contributed by atoms with van der Waals surface area (Å²) in [5, 5.41) is 7.73. The summed E-state index contributed by atoms with van der Waals surface area (Å²) in [5.74, 6) is 0. The standard InChI is InChI=1S/C43H30N2Si/c1-44-34-25-29-38(30-26-34)46(36-14-4-2-5-15-36,37-16-6-3-7-17-37)39-18-12-13-33(31-39)32-23-27-35(28-24-32)45-42-21-10-8-19-40(42)41-20-9-11-22-43(41)45/h2-31H. The first-order valence-corrected chi connectivity index (χ1v) is 17.6. The van der Waals surface area contributed by atoms with Gasteiger partial charge in [-0.15, -0.1) is 0 Å². The van der Waals surface area contributed by atoms with Gasteiger partial charge in [-0.3, -0.25) is 0 Å². The highest BCUT2D eigenvalue weighted by Crippen LogP contribution is 2.32. The Bertz CT molecular complexity index is 2260. The van der Waals surface area contributed by atoms with Crippen LogP contribution in [0.1, 0.15) is 0 Å². The van der Waals surface area contributed by atoms with Crippen molar-refractivity contribution >= 4 is 56.3 Å². The first kappa shape index (κ1) is 27.6. The molecule has 8 aromatic rings. The Balaban J connectivity index is 1.29. The predicted octanol–water partition coefficient (Wildman–Crippen LogP) is 8.38. The second kappa shape index (κ2) is 11.5. The maximum absolute atomic E-state index is 7.56. The van der Waals surface area contributed by atoms with Gasteiger partial charge in [-0.2, -0.15) is 0 Å². The highest BCUT2D eigenvalue weighted by Gasteiger charge is 2.41. The Labute approximate surface area is 270 Å². The molecule has 0 amide bonds. The van der Waals surface area contributed by atoms with E-state index in [1.165, 1.54) is 53.7 Å². The molecular weight excluding hydrogens is 573 g/mol. The molecule has 1 heterocycles. The summed E-state index contributed by atoms with van der Waals surface area (Å²) in [6.07, 6.45) is 0. The molecule has 0 saturated heterocycles. The number of para-hydroxylation sites is 2. The van der Waals surface area contributed by atoms with Gasteiger partial charge in [0, 0.05) is 16.5 Å². The zero-order chi connectivity index (χ0) is 30.9. The molecule has 8 rings (SSSR count). The average molecular weight is 603 g/mol. The fourth-order valence-corrected chi connectivity index (χ4v) is 11.9. The van der Waals surface area contributed by atoms with Crippen molar-refractivity contribution in [2.75, 3.05) is 0 Å². The van der Waals surface area contributed by atoms with Crippen LogP contribution in [0.5, 0.6) is 0 Å². The fourth-order valence-electron chi connectivity index (χ4n) is 7.10. The Kier molecular flexibility index (Phi) is 6.91. The second-order valence-corrected chi connectivity index (χ2v) is 15.4. The monoisotopic (exact) mass is 602 g/mol. The molecular formula is C43H30N2Si. The van der Waals surface area contributed by atoms with Crippen molar-refractivity contribution in [3.05, 3.63) is 193 Å². The van der Waals surface area contributed by atoms with E-state index in [0.717, 1.165) is 5.69 Å². The Morgan fingerprint density at radius 3 is 1.48 bits per heavy atom. The summed E-state index contributed by atoms with van der Waals surface area (Å²) in [6, 6.07) is 65.5. The van der Waals surface area contributed by atoms with Gasteiger partial charge in [0.05, 0.1) is 17.6 Å². The first-order chi connectivity index (χ1) is 22.8. The van der Waals surface area contributed by atoms with Gasteiger partial charge in [0.1, 0.15) is 0 Å². The van der Waals surface area contributed by atoms with E-state index in [4.69, 9.17) is 6.57 Å². The third-order valence-corrected chi connectivity index (χ3v) is 14.0. The van der Waals surface area contributed by atoms with E-state index in [2.05, 4.69) is 179 Å². The molecule has 0 atom stereocenters. The van der Waals surface area contributed by atoms with Crippen molar-refractivity contribution < 1.29 is 0 Å². The molecule has 7 aromatic carbocycles. The second-order valence-electron chi connectivity index (χ2n) is 11.6. The molecule has 3 heteroatoms. The van der Waals surface area contributed by atoms with E-state index in [9.17, 15) is 0 Å². The quantitative estimate of drug-likeness (QED) is 0.103. The number of benzene rings is 7. The van der Waals surface area contributed by atoms with Crippen LogP contribution in [0.3, 0.4) is 0 Å². The van der Waals surface area contributed by atoms with Crippen LogP contribution in [-0.2, 0) is 0 Å². The maximum Gasteiger partial charge on any atom is 0.187 e. The molecule has 0 bridgehead atoms. The maximum atomic E-state index is 7.56. The first-order valence-electron chi connectivity index (χ1n) is 15.6. The third kappa shape index (κ3) is 4.47. The summed E-state index contributed by atoms with van der Waals surface area (Å²) < 4.78 is 2.36. The lowest BCUT2D eigenvalue weighted by Gasteiger charge is -2.34. The van der Waals surface area contributed by atoms with Gasteiger partial charge in [-0.25, -0.2) is 4.85 Å². The van der Waals surface area contributed by atoms with E-state index in [0.29, 0.717) is 5.69 Å². The molecule has 0 aliphatic heterocycles.